The van der Waals surface area contributed by atoms with Crippen LogP contribution in [-0.2, 0) is 0 Å². The van der Waals surface area contributed by atoms with E-state index >= 15 is 0 Å². The first kappa shape index (κ1) is 4.82. The monoisotopic (exact) mass is 97.1 g/mol. The zero-order valence-electron chi connectivity index (χ0n) is 4.72. The predicted octanol–water partition coefficient (Wildman–Crippen LogP) is 1.49. The van der Waals surface area contributed by atoms with Gasteiger partial charge < -0.3 is 4.99 Å². The first-order valence-corrected chi connectivity index (χ1v) is 2.84. The van der Waals surface area contributed by atoms with Gasteiger partial charge in [-0.15, -0.1) is 0 Å². The van der Waals surface area contributed by atoms with Gasteiger partial charge in [-0.25, -0.2) is 0 Å². The average molecular weight is 97.2 g/mol. The molecule has 40 valence electrons. The molecule has 0 aliphatic heterocycles. The second-order valence-electron chi connectivity index (χ2n) is 2.12. The highest BCUT2D eigenvalue weighted by atomic mass is 14.6. The van der Waals surface area contributed by atoms with Gasteiger partial charge >= 0.3 is 0 Å². The molecule has 0 aromatic rings. The van der Waals surface area contributed by atoms with Crippen LogP contribution in [0.25, 0.3) is 0 Å². The van der Waals surface area contributed by atoms with Gasteiger partial charge in [-0.1, -0.05) is 0 Å². The third-order valence-electron chi connectivity index (χ3n) is 1.32. The van der Waals surface area contributed by atoms with Crippen molar-refractivity contribution in [1.82, 2.24) is 0 Å². The van der Waals surface area contributed by atoms with E-state index in [2.05, 4.69) is 4.99 Å². The smallest absolute Gasteiger partial charge is 0.0273 e. The van der Waals surface area contributed by atoms with Crippen LogP contribution >= 0.6 is 0 Å². The molecule has 1 aliphatic carbocycles. The molecule has 0 N–H and O–H groups in total. The Balaban J connectivity index is 1.98. The SMILES string of the molecule is C/N=C/CC1CC1. The summed E-state index contributed by atoms with van der Waals surface area (Å²) in [5.41, 5.74) is 0. The minimum absolute atomic E-state index is 1.00. The van der Waals surface area contributed by atoms with Crippen LogP contribution in [0.15, 0.2) is 4.99 Å². The van der Waals surface area contributed by atoms with Crippen LogP contribution in [0.2, 0.25) is 0 Å². The van der Waals surface area contributed by atoms with Gasteiger partial charge in [0.1, 0.15) is 0 Å². The van der Waals surface area contributed by atoms with E-state index < -0.39 is 0 Å². The van der Waals surface area contributed by atoms with E-state index in [1.54, 1.807) is 0 Å². The third kappa shape index (κ3) is 1.72. The maximum absolute atomic E-state index is 3.89. The van der Waals surface area contributed by atoms with E-state index in [1.165, 1.54) is 19.3 Å². The summed E-state index contributed by atoms with van der Waals surface area (Å²) in [4.78, 5) is 3.89. The summed E-state index contributed by atoms with van der Waals surface area (Å²) in [5.74, 6) is 1.00. The molecule has 0 aromatic heterocycles. The Morgan fingerprint density at radius 2 is 2.43 bits per heavy atom. The molecular formula is C6H11N. The molecule has 1 nitrogen and oxygen atoms in total. The zero-order valence-corrected chi connectivity index (χ0v) is 4.72. The van der Waals surface area contributed by atoms with Gasteiger partial charge in [-0.2, -0.15) is 0 Å². The van der Waals surface area contributed by atoms with Gasteiger partial charge in [0.15, 0.2) is 0 Å². The Hall–Kier alpha value is -0.330. The maximum Gasteiger partial charge on any atom is 0.0273 e. The molecular weight excluding hydrogens is 86.1 g/mol. The lowest BCUT2D eigenvalue weighted by atomic mass is 10.3. The summed E-state index contributed by atoms with van der Waals surface area (Å²) in [6.45, 7) is 0. The number of hydrogen-bond donors (Lipinski definition) is 0. The summed E-state index contributed by atoms with van der Waals surface area (Å²) in [5, 5.41) is 0. The van der Waals surface area contributed by atoms with Crippen molar-refractivity contribution >= 4 is 6.21 Å². The summed E-state index contributed by atoms with van der Waals surface area (Å²) in [6.07, 6.45) is 6.10. The molecule has 0 aromatic carbocycles. The molecule has 0 radical (unpaired) electrons. The van der Waals surface area contributed by atoms with E-state index in [0.717, 1.165) is 5.92 Å². The van der Waals surface area contributed by atoms with Crippen LogP contribution in [0.5, 0.6) is 0 Å². The quantitative estimate of drug-likeness (QED) is 0.463. The molecule has 1 fully saturated rings. The third-order valence-corrected chi connectivity index (χ3v) is 1.32. The molecule has 7 heavy (non-hydrogen) atoms. The van der Waals surface area contributed by atoms with E-state index in [0.29, 0.717) is 0 Å². The Morgan fingerprint density at radius 1 is 1.71 bits per heavy atom. The number of hydrogen-bond acceptors (Lipinski definition) is 1. The summed E-state index contributed by atoms with van der Waals surface area (Å²) in [6, 6.07) is 0. The molecule has 0 amide bonds. The van der Waals surface area contributed by atoms with E-state index in [-0.39, 0.29) is 0 Å². The first-order chi connectivity index (χ1) is 3.43. The van der Waals surface area contributed by atoms with Gasteiger partial charge in [0, 0.05) is 7.05 Å². The van der Waals surface area contributed by atoms with Gasteiger partial charge in [-0.05, 0) is 31.4 Å². The molecule has 1 heteroatoms. The fourth-order valence-electron chi connectivity index (χ4n) is 0.608. The van der Waals surface area contributed by atoms with Gasteiger partial charge in [0.05, 0.1) is 0 Å². The van der Waals surface area contributed by atoms with Crippen molar-refractivity contribution in [1.29, 1.82) is 0 Å². The second kappa shape index (κ2) is 2.10. The molecule has 0 atom stereocenters. The highest BCUT2D eigenvalue weighted by Gasteiger charge is 2.18. The van der Waals surface area contributed by atoms with Crippen molar-refractivity contribution in [2.45, 2.75) is 19.3 Å². The summed E-state index contributed by atoms with van der Waals surface area (Å²) < 4.78 is 0. The normalized spacial score (nSPS) is 21.3. The molecule has 0 saturated heterocycles. The van der Waals surface area contributed by atoms with E-state index in [9.17, 15) is 0 Å². The molecule has 1 rings (SSSR count). The molecule has 1 aliphatic rings. The number of nitrogens with zero attached hydrogens (tertiary/aromatic N) is 1. The van der Waals surface area contributed by atoms with Crippen molar-refractivity contribution in [3.63, 3.8) is 0 Å². The van der Waals surface area contributed by atoms with Crippen LogP contribution in [-0.4, -0.2) is 13.3 Å². The Labute approximate surface area is 44.5 Å². The zero-order chi connectivity index (χ0) is 5.11. The van der Waals surface area contributed by atoms with Crippen molar-refractivity contribution in [3.05, 3.63) is 0 Å². The lowest BCUT2D eigenvalue weighted by Crippen LogP contribution is -1.74. The topological polar surface area (TPSA) is 12.4 Å². The standard InChI is InChI=1S/C6H11N/c1-7-5-4-6-2-3-6/h5-6H,2-4H2,1H3/b7-5+. The number of rotatable bonds is 2. The van der Waals surface area contributed by atoms with Gasteiger partial charge in [-0.3, -0.25) is 0 Å². The highest BCUT2D eigenvalue weighted by Crippen LogP contribution is 2.31. The van der Waals surface area contributed by atoms with Crippen molar-refractivity contribution in [2.75, 3.05) is 7.05 Å². The molecule has 0 bridgehead atoms. The Bertz CT molecular complexity index is 72.2. The maximum atomic E-state index is 3.89. The lowest BCUT2D eigenvalue weighted by Gasteiger charge is -1.79. The van der Waals surface area contributed by atoms with E-state index in [1.807, 2.05) is 13.3 Å². The van der Waals surface area contributed by atoms with E-state index in [4.69, 9.17) is 0 Å². The predicted molar refractivity (Wildman–Crippen MR) is 31.8 cm³/mol. The second-order valence-corrected chi connectivity index (χ2v) is 2.12. The molecule has 0 spiro atoms. The van der Waals surface area contributed by atoms with Crippen molar-refractivity contribution in [2.24, 2.45) is 10.9 Å². The van der Waals surface area contributed by atoms with Crippen molar-refractivity contribution in [3.8, 4) is 0 Å². The summed E-state index contributed by atoms with van der Waals surface area (Å²) in [7, 11) is 1.84. The molecule has 1 saturated carbocycles. The molecule has 0 unspecified atom stereocenters. The van der Waals surface area contributed by atoms with Crippen LogP contribution in [0.4, 0.5) is 0 Å². The largest absolute Gasteiger partial charge is 0.301 e. The lowest BCUT2D eigenvalue weighted by molar-refractivity contribution is 0.906. The fraction of sp³-hybridized carbons (Fsp3) is 0.833. The number of aliphatic imine (C=N–C) groups is 1. The Morgan fingerprint density at radius 3 is 2.86 bits per heavy atom. The molecule has 0 heterocycles. The van der Waals surface area contributed by atoms with Gasteiger partial charge in [0.25, 0.3) is 0 Å². The average Bonchev–Trinajstić information content (AvgIpc) is 2.42. The highest BCUT2D eigenvalue weighted by molar-refractivity contribution is 5.57. The fourth-order valence-corrected chi connectivity index (χ4v) is 0.608. The van der Waals surface area contributed by atoms with Crippen LogP contribution < -0.4 is 0 Å². The minimum Gasteiger partial charge on any atom is -0.301 e. The Kier molecular flexibility index (Phi) is 1.45. The van der Waals surface area contributed by atoms with Crippen LogP contribution in [0.3, 0.4) is 0 Å². The van der Waals surface area contributed by atoms with Gasteiger partial charge in [0.2, 0.25) is 0 Å². The van der Waals surface area contributed by atoms with Crippen molar-refractivity contribution < 1.29 is 0 Å². The minimum atomic E-state index is 1.00. The van der Waals surface area contributed by atoms with Crippen LogP contribution in [0, 0.1) is 5.92 Å². The summed E-state index contributed by atoms with van der Waals surface area (Å²) >= 11 is 0. The van der Waals surface area contributed by atoms with Crippen LogP contribution in [0.1, 0.15) is 19.3 Å². The first-order valence-electron chi connectivity index (χ1n) is 2.84.